The van der Waals surface area contributed by atoms with E-state index in [2.05, 4.69) is 40.9 Å². The van der Waals surface area contributed by atoms with Gasteiger partial charge < -0.3 is 25.5 Å². The number of rotatable bonds is 5. The van der Waals surface area contributed by atoms with Crippen LogP contribution in [0.5, 0.6) is 5.75 Å². The third kappa shape index (κ3) is 4.11. The van der Waals surface area contributed by atoms with E-state index in [4.69, 9.17) is 10.5 Å². The molecule has 0 saturated carbocycles. The fraction of sp³-hybridized carbons (Fsp3) is 0.375. The van der Waals surface area contributed by atoms with Crippen LogP contribution in [0.2, 0.25) is 0 Å². The zero-order chi connectivity index (χ0) is 22.1. The standard InChI is InChI=1S/C24H30N4O3/c1-15-12-22(31-3)19(17-6-8-26-23(15)17)14-28-11-10-27(2)9-7-21(28)16-4-5-18(24(29)30)20(25)13-16/h4-6,8,12-13,21,26H,7,9-11,14,25H2,1-3H3,(H,29,30)/t21-/m0/s1. The van der Waals surface area contributed by atoms with Gasteiger partial charge in [-0.15, -0.1) is 0 Å². The highest BCUT2D eigenvalue weighted by Crippen LogP contribution is 2.36. The molecule has 1 fully saturated rings. The largest absolute Gasteiger partial charge is 0.496 e. The number of ether oxygens (including phenoxy) is 1. The van der Waals surface area contributed by atoms with Crippen LogP contribution in [0.3, 0.4) is 0 Å². The van der Waals surface area contributed by atoms with Gasteiger partial charge >= 0.3 is 5.97 Å². The lowest BCUT2D eigenvalue weighted by Crippen LogP contribution is -2.31. The van der Waals surface area contributed by atoms with Crippen LogP contribution in [-0.4, -0.2) is 59.7 Å². The van der Waals surface area contributed by atoms with E-state index in [0.29, 0.717) is 5.69 Å². The predicted molar refractivity (Wildman–Crippen MR) is 123 cm³/mol. The number of nitrogens with two attached hydrogens (primary N) is 1. The zero-order valence-electron chi connectivity index (χ0n) is 18.3. The second-order valence-corrected chi connectivity index (χ2v) is 8.37. The van der Waals surface area contributed by atoms with Crippen molar-refractivity contribution in [3.05, 3.63) is 58.8 Å². The van der Waals surface area contributed by atoms with Crippen molar-refractivity contribution in [2.45, 2.75) is 25.9 Å². The Balaban J connectivity index is 1.74. The lowest BCUT2D eigenvalue weighted by molar-refractivity contribution is 0.0698. The Morgan fingerprint density at radius 1 is 1.26 bits per heavy atom. The Morgan fingerprint density at radius 2 is 2.06 bits per heavy atom. The summed E-state index contributed by atoms with van der Waals surface area (Å²) in [7, 11) is 3.86. The van der Waals surface area contributed by atoms with Crippen LogP contribution in [-0.2, 0) is 6.54 Å². The maximum Gasteiger partial charge on any atom is 0.337 e. The maximum absolute atomic E-state index is 11.4. The van der Waals surface area contributed by atoms with Gasteiger partial charge in [0.25, 0.3) is 0 Å². The summed E-state index contributed by atoms with van der Waals surface area (Å²) in [6.45, 7) is 5.64. The summed E-state index contributed by atoms with van der Waals surface area (Å²) in [6.07, 6.45) is 2.91. The van der Waals surface area contributed by atoms with Crippen LogP contribution < -0.4 is 10.5 Å². The summed E-state index contributed by atoms with van der Waals surface area (Å²) < 4.78 is 5.76. The molecule has 1 saturated heterocycles. The Labute approximate surface area is 182 Å². The normalized spacial score (nSPS) is 18.2. The molecule has 2 aromatic carbocycles. The monoisotopic (exact) mass is 422 g/mol. The van der Waals surface area contributed by atoms with Crippen molar-refractivity contribution < 1.29 is 14.6 Å². The van der Waals surface area contributed by atoms with Crippen LogP contribution in [0, 0.1) is 6.92 Å². The number of carboxylic acid groups (broad SMARTS) is 1. The Kier molecular flexibility index (Phi) is 5.89. The fourth-order valence-electron chi connectivity index (χ4n) is 4.63. The number of likely N-dealkylation sites (N-methyl/N-ethyl adjacent to an activating group) is 1. The Hall–Kier alpha value is -3.03. The zero-order valence-corrected chi connectivity index (χ0v) is 18.3. The van der Waals surface area contributed by atoms with Crippen molar-refractivity contribution in [1.29, 1.82) is 0 Å². The number of benzene rings is 2. The molecule has 0 amide bonds. The number of methoxy groups -OCH3 is 1. The van der Waals surface area contributed by atoms with Crippen LogP contribution in [0.1, 0.15) is 39.5 Å². The molecule has 0 bridgehead atoms. The smallest absolute Gasteiger partial charge is 0.337 e. The number of fused-ring (bicyclic) bond motifs is 1. The maximum atomic E-state index is 11.4. The van der Waals surface area contributed by atoms with Gasteiger partial charge in [-0.05, 0) is 62.3 Å². The Bertz CT molecular complexity index is 1110. The first-order valence-electron chi connectivity index (χ1n) is 10.6. The summed E-state index contributed by atoms with van der Waals surface area (Å²) in [5.74, 6) is -0.109. The first-order valence-corrected chi connectivity index (χ1v) is 10.6. The number of nitrogens with one attached hydrogen (secondary N) is 1. The predicted octanol–water partition coefficient (Wildman–Crippen LogP) is 3.64. The van der Waals surface area contributed by atoms with Gasteiger partial charge in [0.15, 0.2) is 0 Å². The minimum atomic E-state index is -0.999. The average Bonchev–Trinajstić information content (AvgIpc) is 3.16. The lowest BCUT2D eigenvalue weighted by atomic mass is 9.97. The molecule has 0 radical (unpaired) electrons. The molecule has 7 nitrogen and oxygen atoms in total. The number of aromatic carboxylic acids is 1. The van der Waals surface area contributed by atoms with Crippen LogP contribution in [0.4, 0.5) is 5.69 Å². The third-order valence-electron chi connectivity index (χ3n) is 6.38. The van der Waals surface area contributed by atoms with Crippen LogP contribution >= 0.6 is 0 Å². The van der Waals surface area contributed by atoms with E-state index in [1.807, 2.05) is 18.3 Å². The fourth-order valence-corrected chi connectivity index (χ4v) is 4.63. The molecule has 7 heteroatoms. The number of anilines is 1. The van der Waals surface area contributed by atoms with Gasteiger partial charge in [0.1, 0.15) is 5.75 Å². The van der Waals surface area contributed by atoms with Gasteiger partial charge in [0, 0.05) is 54.0 Å². The molecule has 164 valence electrons. The van der Waals surface area contributed by atoms with E-state index in [0.717, 1.165) is 60.6 Å². The van der Waals surface area contributed by atoms with E-state index in [9.17, 15) is 9.90 Å². The highest BCUT2D eigenvalue weighted by Gasteiger charge is 2.27. The second kappa shape index (κ2) is 8.61. The van der Waals surface area contributed by atoms with Crippen molar-refractivity contribution in [2.24, 2.45) is 0 Å². The third-order valence-corrected chi connectivity index (χ3v) is 6.38. The molecule has 1 aromatic heterocycles. The first-order chi connectivity index (χ1) is 14.9. The molecule has 3 aromatic rings. The highest BCUT2D eigenvalue weighted by atomic mass is 16.5. The highest BCUT2D eigenvalue weighted by molar-refractivity contribution is 5.93. The summed E-state index contributed by atoms with van der Waals surface area (Å²) in [4.78, 5) is 19.5. The number of carbonyl (C=O) groups is 1. The van der Waals surface area contributed by atoms with E-state index in [1.54, 1.807) is 13.2 Å². The number of hydrogen-bond acceptors (Lipinski definition) is 5. The number of hydrogen-bond donors (Lipinski definition) is 3. The number of nitrogen functional groups attached to an aromatic ring is 1. The SMILES string of the molecule is COc1cc(C)c2[nH]ccc2c1CN1CCN(C)CC[C@H]1c1ccc(C(=O)O)c(N)c1. The summed E-state index contributed by atoms with van der Waals surface area (Å²) >= 11 is 0. The summed E-state index contributed by atoms with van der Waals surface area (Å²) in [5, 5.41) is 10.5. The topological polar surface area (TPSA) is 94.8 Å². The molecule has 1 aliphatic rings. The molecule has 2 heterocycles. The number of carboxylic acids is 1. The average molecular weight is 423 g/mol. The molecule has 0 aliphatic carbocycles. The molecule has 0 spiro atoms. The van der Waals surface area contributed by atoms with E-state index in [1.165, 1.54) is 5.39 Å². The number of nitrogens with zero attached hydrogens (tertiary/aromatic N) is 2. The molecular formula is C24H30N4O3. The Morgan fingerprint density at radius 3 is 2.77 bits per heavy atom. The van der Waals surface area contributed by atoms with Gasteiger partial charge in [-0.1, -0.05) is 6.07 Å². The van der Waals surface area contributed by atoms with Crippen molar-refractivity contribution in [3.63, 3.8) is 0 Å². The number of aromatic nitrogens is 1. The molecular weight excluding hydrogens is 392 g/mol. The minimum absolute atomic E-state index is 0.134. The number of aromatic amines is 1. The van der Waals surface area contributed by atoms with Crippen LogP contribution in [0.25, 0.3) is 10.9 Å². The van der Waals surface area contributed by atoms with Gasteiger partial charge in [-0.2, -0.15) is 0 Å². The summed E-state index contributed by atoms with van der Waals surface area (Å²) in [6, 6.07) is 9.68. The summed E-state index contributed by atoms with van der Waals surface area (Å²) in [5.41, 5.74) is 11.0. The molecule has 4 N–H and O–H groups in total. The molecule has 4 rings (SSSR count). The van der Waals surface area contributed by atoms with Crippen LogP contribution in [0.15, 0.2) is 36.5 Å². The van der Waals surface area contributed by atoms with E-state index in [-0.39, 0.29) is 11.6 Å². The molecule has 0 unspecified atom stereocenters. The van der Waals surface area contributed by atoms with Gasteiger partial charge in [0.05, 0.1) is 12.7 Å². The molecule has 31 heavy (non-hydrogen) atoms. The van der Waals surface area contributed by atoms with Gasteiger partial charge in [0.2, 0.25) is 0 Å². The lowest BCUT2D eigenvalue weighted by Gasteiger charge is -2.31. The number of H-pyrrole nitrogens is 1. The number of aryl methyl sites for hydroxylation is 1. The van der Waals surface area contributed by atoms with Gasteiger partial charge in [-0.25, -0.2) is 4.79 Å². The minimum Gasteiger partial charge on any atom is -0.496 e. The van der Waals surface area contributed by atoms with E-state index >= 15 is 0 Å². The van der Waals surface area contributed by atoms with Gasteiger partial charge in [-0.3, -0.25) is 4.90 Å². The van der Waals surface area contributed by atoms with Crippen molar-refractivity contribution in [2.75, 3.05) is 39.5 Å². The molecule has 1 atom stereocenters. The van der Waals surface area contributed by atoms with Crippen molar-refractivity contribution >= 4 is 22.6 Å². The quantitative estimate of drug-likeness (QED) is 0.544. The molecule has 1 aliphatic heterocycles. The van der Waals surface area contributed by atoms with Crippen molar-refractivity contribution in [3.8, 4) is 5.75 Å². The van der Waals surface area contributed by atoms with E-state index < -0.39 is 5.97 Å². The van der Waals surface area contributed by atoms with Crippen molar-refractivity contribution in [1.82, 2.24) is 14.8 Å². The second-order valence-electron chi connectivity index (χ2n) is 8.37. The first kappa shape index (κ1) is 21.2.